The highest BCUT2D eigenvalue weighted by Crippen LogP contribution is 2.43. The Morgan fingerprint density at radius 2 is 2.06 bits per heavy atom. The minimum absolute atomic E-state index is 0.00751. The molecule has 1 heterocycles. The lowest BCUT2D eigenvalue weighted by Crippen LogP contribution is -2.44. The highest BCUT2D eigenvalue weighted by molar-refractivity contribution is 5.52. The molecule has 0 aromatic heterocycles. The molecule has 0 saturated carbocycles. The zero-order valence-corrected chi connectivity index (χ0v) is 21.1. The van der Waals surface area contributed by atoms with Crippen molar-refractivity contribution >= 4 is 6.29 Å². The molecule has 1 aliphatic carbocycles. The van der Waals surface area contributed by atoms with E-state index < -0.39 is 5.60 Å². The normalized spacial score (nSPS) is 32.0. The smallest absolute Gasteiger partial charge is 0.122 e. The molecule has 0 aromatic rings. The van der Waals surface area contributed by atoms with Gasteiger partial charge < -0.3 is 14.6 Å². The van der Waals surface area contributed by atoms with E-state index in [4.69, 9.17) is 4.74 Å². The third-order valence-electron chi connectivity index (χ3n) is 7.91. The van der Waals surface area contributed by atoms with Gasteiger partial charge in [-0.1, -0.05) is 38.5 Å². The van der Waals surface area contributed by atoms with Gasteiger partial charge in [-0.05, 0) is 109 Å². The molecule has 1 N–H and O–H groups in total. The van der Waals surface area contributed by atoms with Gasteiger partial charge in [0.2, 0.25) is 0 Å². The second-order valence-electron chi connectivity index (χ2n) is 11.3. The lowest BCUT2D eigenvalue weighted by atomic mass is 9.74. The summed E-state index contributed by atoms with van der Waals surface area (Å²) in [5, 5.41) is 10.6. The van der Waals surface area contributed by atoms with E-state index in [0.29, 0.717) is 17.9 Å². The van der Waals surface area contributed by atoms with Crippen LogP contribution in [0.1, 0.15) is 112 Å². The molecule has 3 heteroatoms. The van der Waals surface area contributed by atoms with Crippen LogP contribution in [-0.2, 0) is 9.53 Å². The second kappa shape index (κ2) is 11.8. The van der Waals surface area contributed by atoms with Crippen LogP contribution < -0.4 is 0 Å². The van der Waals surface area contributed by atoms with Crippen molar-refractivity contribution < 1.29 is 14.6 Å². The Morgan fingerprint density at radius 1 is 1.35 bits per heavy atom. The Morgan fingerprint density at radius 3 is 2.77 bits per heavy atom. The van der Waals surface area contributed by atoms with E-state index in [-0.39, 0.29) is 11.5 Å². The SMILES string of the molecule is C/C(=C\CCC1(C)CCC2=CCC(C)C(C)C2O1)CCCC(C)(O)CCCC(C)C=O. The van der Waals surface area contributed by atoms with Crippen LogP contribution >= 0.6 is 0 Å². The van der Waals surface area contributed by atoms with Crippen molar-refractivity contribution in [2.75, 3.05) is 0 Å². The first-order chi connectivity index (χ1) is 14.6. The molecule has 0 amide bonds. The maximum atomic E-state index is 10.7. The molecule has 2 aliphatic rings. The first kappa shape index (κ1) is 26.3. The van der Waals surface area contributed by atoms with E-state index in [1.54, 1.807) is 5.57 Å². The third-order valence-corrected chi connectivity index (χ3v) is 7.91. The Hall–Kier alpha value is -0.930. The van der Waals surface area contributed by atoms with Crippen molar-refractivity contribution in [2.45, 2.75) is 129 Å². The highest BCUT2D eigenvalue weighted by Gasteiger charge is 2.40. The molecule has 0 bridgehead atoms. The summed E-state index contributed by atoms with van der Waals surface area (Å²) in [7, 11) is 0. The van der Waals surface area contributed by atoms with Gasteiger partial charge in [-0.25, -0.2) is 0 Å². The molecule has 1 fully saturated rings. The fourth-order valence-corrected chi connectivity index (χ4v) is 5.16. The molecule has 31 heavy (non-hydrogen) atoms. The molecule has 0 spiro atoms. The molecule has 0 aromatic carbocycles. The lowest BCUT2D eigenvalue weighted by Gasteiger charge is -2.46. The minimum Gasteiger partial charge on any atom is -0.390 e. The van der Waals surface area contributed by atoms with Gasteiger partial charge in [0.1, 0.15) is 6.29 Å². The minimum atomic E-state index is -0.620. The molecular formula is C28H48O3. The number of carbonyl (C=O) groups is 1. The van der Waals surface area contributed by atoms with Crippen molar-refractivity contribution in [1.29, 1.82) is 0 Å². The highest BCUT2D eigenvalue weighted by atomic mass is 16.5. The maximum Gasteiger partial charge on any atom is 0.122 e. The Bertz CT molecular complexity index is 632. The van der Waals surface area contributed by atoms with Crippen LogP contribution in [0, 0.1) is 17.8 Å². The summed E-state index contributed by atoms with van der Waals surface area (Å²) < 4.78 is 6.68. The number of rotatable bonds is 12. The molecule has 178 valence electrons. The first-order valence-corrected chi connectivity index (χ1v) is 12.8. The largest absolute Gasteiger partial charge is 0.390 e. The number of carbonyl (C=O) groups excluding carboxylic acids is 1. The number of aliphatic hydroxyl groups is 1. The molecule has 6 atom stereocenters. The van der Waals surface area contributed by atoms with E-state index >= 15 is 0 Å². The van der Waals surface area contributed by atoms with Gasteiger partial charge in [0.05, 0.1) is 17.3 Å². The lowest BCUT2D eigenvalue weighted by molar-refractivity contribution is -0.123. The monoisotopic (exact) mass is 432 g/mol. The number of aldehydes is 1. The van der Waals surface area contributed by atoms with E-state index in [1.807, 2.05) is 13.8 Å². The van der Waals surface area contributed by atoms with Gasteiger partial charge in [0, 0.05) is 5.92 Å². The molecule has 3 nitrogen and oxygen atoms in total. The van der Waals surface area contributed by atoms with Gasteiger partial charge in [0.15, 0.2) is 0 Å². The molecular weight excluding hydrogens is 384 g/mol. The first-order valence-electron chi connectivity index (χ1n) is 12.8. The average molecular weight is 433 g/mol. The molecule has 0 radical (unpaired) electrons. The molecule has 1 aliphatic heterocycles. The summed E-state index contributed by atoms with van der Waals surface area (Å²) in [5.41, 5.74) is 2.34. The van der Waals surface area contributed by atoms with Crippen molar-refractivity contribution in [2.24, 2.45) is 17.8 Å². The van der Waals surface area contributed by atoms with Crippen LogP contribution in [-0.4, -0.2) is 28.7 Å². The molecule has 1 saturated heterocycles. The van der Waals surface area contributed by atoms with Crippen LogP contribution in [0.4, 0.5) is 0 Å². The Kier molecular flexibility index (Phi) is 10.0. The van der Waals surface area contributed by atoms with Crippen LogP contribution in [0.2, 0.25) is 0 Å². The van der Waals surface area contributed by atoms with Crippen LogP contribution in [0.3, 0.4) is 0 Å². The van der Waals surface area contributed by atoms with Crippen LogP contribution in [0.15, 0.2) is 23.3 Å². The van der Waals surface area contributed by atoms with E-state index in [0.717, 1.165) is 64.1 Å². The predicted molar refractivity (Wildman–Crippen MR) is 130 cm³/mol. The van der Waals surface area contributed by atoms with Gasteiger partial charge in [0.25, 0.3) is 0 Å². The van der Waals surface area contributed by atoms with Gasteiger partial charge in [-0.15, -0.1) is 0 Å². The zero-order chi connectivity index (χ0) is 23.1. The topological polar surface area (TPSA) is 46.5 Å². The summed E-state index contributed by atoms with van der Waals surface area (Å²) in [6.07, 6.45) is 17.3. The fourth-order valence-electron chi connectivity index (χ4n) is 5.16. The van der Waals surface area contributed by atoms with Crippen LogP contribution in [0.5, 0.6) is 0 Å². The van der Waals surface area contributed by atoms with Gasteiger partial charge >= 0.3 is 0 Å². The third kappa shape index (κ3) is 8.50. The maximum absolute atomic E-state index is 10.7. The summed E-state index contributed by atoms with van der Waals surface area (Å²) in [4.78, 5) is 10.7. The Balaban J connectivity index is 1.71. The quantitative estimate of drug-likeness (QED) is 0.262. The average Bonchev–Trinajstić information content (AvgIpc) is 2.70. The standard InChI is InChI=1S/C28H48O3/c1-21(10-7-16-27(5,30)17-8-12-22(2)20-29)11-9-18-28(6)19-15-25-14-13-23(3)24(4)26(25)31-28/h11,14,20,22-24,26,30H,7-10,12-13,15-19H2,1-6H3/b21-11+. The number of allylic oxidation sites excluding steroid dienone is 3. The van der Waals surface area contributed by atoms with Crippen molar-refractivity contribution in [1.82, 2.24) is 0 Å². The number of ether oxygens (including phenoxy) is 1. The predicted octanol–water partition coefficient (Wildman–Crippen LogP) is 7.18. The summed E-state index contributed by atoms with van der Waals surface area (Å²) in [6.45, 7) is 13.1. The zero-order valence-electron chi connectivity index (χ0n) is 21.1. The molecule has 6 unspecified atom stereocenters. The van der Waals surface area contributed by atoms with Gasteiger partial charge in [-0.2, -0.15) is 0 Å². The fraction of sp³-hybridized carbons (Fsp3) is 0.821. The van der Waals surface area contributed by atoms with Gasteiger partial charge in [-0.3, -0.25) is 0 Å². The molecule has 2 rings (SSSR count). The summed E-state index contributed by atoms with van der Waals surface area (Å²) >= 11 is 0. The summed E-state index contributed by atoms with van der Waals surface area (Å²) in [6, 6.07) is 0. The number of hydrogen-bond donors (Lipinski definition) is 1. The summed E-state index contributed by atoms with van der Waals surface area (Å²) in [5.74, 6) is 1.43. The number of fused-ring (bicyclic) bond motifs is 1. The van der Waals surface area contributed by atoms with Crippen LogP contribution in [0.25, 0.3) is 0 Å². The van der Waals surface area contributed by atoms with Crippen molar-refractivity contribution in [3.8, 4) is 0 Å². The van der Waals surface area contributed by atoms with Crippen molar-refractivity contribution in [3.05, 3.63) is 23.3 Å². The van der Waals surface area contributed by atoms with E-state index in [2.05, 4.69) is 39.8 Å². The van der Waals surface area contributed by atoms with E-state index in [1.165, 1.54) is 18.4 Å². The van der Waals surface area contributed by atoms with Crippen molar-refractivity contribution in [3.63, 3.8) is 0 Å². The number of hydrogen-bond acceptors (Lipinski definition) is 3. The Labute approximate surface area is 191 Å². The second-order valence-corrected chi connectivity index (χ2v) is 11.3. The van der Waals surface area contributed by atoms with E-state index in [9.17, 15) is 9.90 Å².